The fraction of sp³-hybridized carbons (Fsp3) is 1.00. The first-order chi connectivity index (χ1) is 5.34. The van der Waals surface area contributed by atoms with E-state index in [2.05, 4.69) is 16.7 Å². The molecule has 11 heavy (non-hydrogen) atoms. The Morgan fingerprint density at radius 3 is 2.27 bits per heavy atom. The van der Waals surface area contributed by atoms with Gasteiger partial charge < -0.3 is 9.80 Å². The van der Waals surface area contributed by atoms with E-state index in [0.29, 0.717) is 0 Å². The van der Waals surface area contributed by atoms with Gasteiger partial charge in [0.15, 0.2) is 0 Å². The Hall–Kier alpha value is -0.0800. The zero-order valence-corrected chi connectivity index (χ0v) is 7.42. The highest BCUT2D eigenvalue weighted by atomic mass is 15.3. The third-order valence-corrected chi connectivity index (χ3v) is 2.59. The topological polar surface area (TPSA) is 6.02 Å². The molecule has 0 aromatic rings. The van der Waals surface area contributed by atoms with E-state index in [1.54, 1.807) is 0 Å². The second-order valence-corrected chi connectivity index (χ2v) is 4.04. The van der Waals surface area contributed by atoms with E-state index >= 15 is 0 Å². The van der Waals surface area contributed by atoms with Gasteiger partial charge >= 0.3 is 0 Å². The normalized spacial score (nSPS) is 27.0. The van der Waals surface area contributed by atoms with Gasteiger partial charge in [-0.3, -0.25) is 0 Å². The van der Waals surface area contributed by atoms with Crippen LogP contribution < -0.4 is 0 Å². The molecule has 0 radical (unpaired) electrons. The van der Waals surface area contributed by atoms with Gasteiger partial charge in [0.25, 0.3) is 0 Å². The number of rotatable bonds is 5. The van der Waals surface area contributed by atoms with Crippen LogP contribution in [0.1, 0.15) is 13.3 Å². The monoisotopic (exact) mass is 154 g/mol. The van der Waals surface area contributed by atoms with Crippen molar-refractivity contribution in [2.75, 3.05) is 39.3 Å². The predicted octanol–water partition coefficient (Wildman–Crippen LogP) is 0.644. The Balaban J connectivity index is 1.52. The van der Waals surface area contributed by atoms with Crippen LogP contribution in [-0.2, 0) is 0 Å². The Kier molecular flexibility index (Phi) is 2.14. The molecule has 0 aromatic heterocycles. The molecule has 1 unspecified atom stereocenters. The minimum absolute atomic E-state index is 0.915. The molecule has 0 aromatic carbocycles. The molecule has 2 saturated heterocycles. The Bertz CT molecular complexity index is 128. The molecule has 64 valence electrons. The molecule has 2 heteroatoms. The molecule has 0 aliphatic carbocycles. The summed E-state index contributed by atoms with van der Waals surface area (Å²) in [6, 6.07) is 0. The Morgan fingerprint density at radius 2 is 1.73 bits per heavy atom. The van der Waals surface area contributed by atoms with Gasteiger partial charge in [0.2, 0.25) is 0 Å². The molecule has 2 aliphatic rings. The van der Waals surface area contributed by atoms with Crippen molar-refractivity contribution in [3.05, 3.63) is 0 Å². The smallest absolute Gasteiger partial charge is 0.0110 e. The van der Waals surface area contributed by atoms with Crippen LogP contribution in [0.25, 0.3) is 0 Å². The zero-order valence-electron chi connectivity index (χ0n) is 7.42. The standard InChI is InChI=1S/C9H18N2/c1-9(8-11-6-7-11)2-3-10-4-5-10/h9H,2-8H2,1H3. The molecule has 2 heterocycles. The lowest BCUT2D eigenvalue weighted by atomic mass is 10.1. The van der Waals surface area contributed by atoms with Crippen molar-refractivity contribution in [1.82, 2.24) is 9.80 Å². The molecular formula is C9H18N2. The lowest BCUT2D eigenvalue weighted by Gasteiger charge is -2.11. The summed E-state index contributed by atoms with van der Waals surface area (Å²) < 4.78 is 0. The summed E-state index contributed by atoms with van der Waals surface area (Å²) in [5.41, 5.74) is 0. The molecule has 1 atom stereocenters. The average molecular weight is 154 g/mol. The third kappa shape index (κ3) is 2.80. The lowest BCUT2D eigenvalue weighted by Crippen LogP contribution is -2.14. The Morgan fingerprint density at radius 1 is 1.09 bits per heavy atom. The van der Waals surface area contributed by atoms with Crippen LogP contribution in [0.3, 0.4) is 0 Å². The molecule has 0 spiro atoms. The van der Waals surface area contributed by atoms with E-state index in [9.17, 15) is 0 Å². The van der Waals surface area contributed by atoms with Crippen LogP contribution in [0.5, 0.6) is 0 Å². The van der Waals surface area contributed by atoms with E-state index < -0.39 is 0 Å². The van der Waals surface area contributed by atoms with E-state index in [0.717, 1.165) is 5.92 Å². The van der Waals surface area contributed by atoms with Crippen LogP contribution in [0.4, 0.5) is 0 Å². The largest absolute Gasteiger partial charge is 0.301 e. The molecule has 2 fully saturated rings. The Labute approximate surface area is 69.2 Å². The molecule has 0 amide bonds. The third-order valence-electron chi connectivity index (χ3n) is 2.59. The van der Waals surface area contributed by atoms with Gasteiger partial charge in [-0.1, -0.05) is 6.92 Å². The van der Waals surface area contributed by atoms with Crippen LogP contribution in [-0.4, -0.2) is 49.1 Å². The van der Waals surface area contributed by atoms with Crippen molar-refractivity contribution in [3.63, 3.8) is 0 Å². The van der Waals surface area contributed by atoms with Gasteiger partial charge in [-0.05, 0) is 18.9 Å². The summed E-state index contributed by atoms with van der Waals surface area (Å²) in [6.07, 6.45) is 1.40. The van der Waals surface area contributed by atoms with Gasteiger partial charge in [-0.25, -0.2) is 0 Å². The number of nitrogens with zero attached hydrogens (tertiary/aromatic N) is 2. The zero-order chi connectivity index (χ0) is 7.68. The number of hydrogen-bond donors (Lipinski definition) is 0. The maximum absolute atomic E-state index is 2.52. The van der Waals surface area contributed by atoms with Crippen molar-refractivity contribution in [2.45, 2.75) is 13.3 Å². The minimum atomic E-state index is 0.915. The van der Waals surface area contributed by atoms with Gasteiger partial charge in [0.05, 0.1) is 0 Å². The summed E-state index contributed by atoms with van der Waals surface area (Å²) in [6.45, 7) is 10.5. The first-order valence-corrected chi connectivity index (χ1v) is 4.79. The van der Waals surface area contributed by atoms with Gasteiger partial charge in [0.1, 0.15) is 0 Å². The van der Waals surface area contributed by atoms with E-state index in [-0.39, 0.29) is 0 Å². The maximum Gasteiger partial charge on any atom is 0.0110 e. The van der Waals surface area contributed by atoms with Crippen LogP contribution >= 0.6 is 0 Å². The average Bonchev–Trinajstić information content (AvgIpc) is 2.80. The maximum atomic E-state index is 2.52. The van der Waals surface area contributed by atoms with Crippen molar-refractivity contribution >= 4 is 0 Å². The molecule has 2 aliphatic heterocycles. The SMILES string of the molecule is CC(CCN1CC1)CN1CC1. The molecule has 0 saturated carbocycles. The molecule has 0 bridgehead atoms. The summed E-state index contributed by atoms with van der Waals surface area (Å²) in [7, 11) is 0. The fourth-order valence-corrected chi connectivity index (χ4v) is 1.48. The second kappa shape index (κ2) is 3.11. The predicted molar refractivity (Wildman–Crippen MR) is 46.7 cm³/mol. The van der Waals surface area contributed by atoms with Crippen molar-refractivity contribution < 1.29 is 0 Å². The lowest BCUT2D eigenvalue weighted by molar-refractivity contribution is 0.380. The molecule has 2 rings (SSSR count). The van der Waals surface area contributed by atoms with Crippen molar-refractivity contribution in [3.8, 4) is 0 Å². The van der Waals surface area contributed by atoms with Crippen LogP contribution in [0, 0.1) is 5.92 Å². The minimum Gasteiger partial charge on any atom is -0.301 e. The highest BCUT2D eigenvalue weighted by Crippen LogP contribution is 2.13. The fourth-order valence-electron chi connectivity index (χ4n) is 1.48. The summed E-state index contributed by atoms with van der Waals surface area (Å²) in [4.78, 5) is 5.03. The van der Waals surface area contributed by atoms with Crippen LogP contribution in [0.15, 0.2) is 0 Å². The van der Waals surface area contributed by atoms with Gasteiger partial charge in [-0.15, -0.1) is 0 Å². The quantitative estimate of drug-likeness (QED) is 0.536. The summed E-state index contributed by atoms with van der Waals surface area (Å²) in [5.74, 6) is 0.915. The first kappa shape index (κ1) is 7.56. The van der Waals surface area contributed by atoms with Crippen LogP contribution in [0.2, 0.25) is 0 Å². The second-order valence-electron chi connectivity index (χ2n) is 4.04. The highest BCUT2D eigenvalue weighted by Gasteiger charge is 2.21. The van der Waals surface area contributed by atoms with Gasteiger partial charge in [0, 0.05) is 32.7 Å². The highest BCUT2D eigenvalue weighted by molar-refractivity contribution is 4.77. The number of hydrogen-bond acceptors (Lipinski definition) is 2. The summed E-state index contributed by atoms with van der Waals surface area (Å²) >= 11 is 0. The molecular weight excluding hydrogens is 136 g/mol. The molecule has 2 nitrogen and oxygen atoms in total. The molecule has 0 N–H and O–H groups in total. The van der Waals surface area contributed by atoms with Crippen molar-refractivity contribution in [1.29, 1.82) is 0 Å². The summed E-state index contributed by atoms with van der Waals surface area (Å²) in [5, 5.41) is 0. The van der Waals surface area contributed by atoms with E-state index in [1.807, 2.05) is 0 Å². The van der Waals surface area contributed by atoms with Crippen molar-refractivity contribution in [2.24, 2.45) is 5.92 Å². The van der Waals surface area contributed by atoms with E-state index in [4.69, 9.17) is 0 Å². The first-order valence-electron chi connectivity index (χ1n) is 4.79. The van der Waals surface area contributed by atoms with Gasteiger partial charge in [-0.2, -0.15) is 0 Å². The van der Waals surface area contributed by atoms with E-state index in [1.165, 1.54) is 45.7 Å².